The predicted octanol–water partition coefficient (Wildman–Crippen LogP) is 1.26. The van der Waals surface area contributed by atoms with Gasteiger partial charge in [-0.25, -0.2) is 17.5 Å². The lowest BCUT2D eigenvalue weighted by Crippen LogP contribution is -2.32. The van der Waals surface area contributed by atoms with Gasteiger partial charge in [-0.3, -0.25) is 0 Å². The Labute approximate surface area is 101 Å². The first-order chi connectivity index (χ1) is 7.97. The van der Waals surface area contributed by atoms with Crippen LogP contribution in [0.5, 0.6) is 0 Å². The first-order valence-corrected chi connectivity index (χ1v) is 6.88. The molecule has 0 aliphatic rings. The predicted molar refractivity (Wildman–Crippen MR) is 62.5 cm³/mol. The summed E-state index contributed by atoms with van der Waals surface area (Å²) < 4.78 is 38.9. The Bertz CT molecular complexity index is 462. The SMILES string of the molecule is CCCC(O)CNS(=O)(=O)c1ccccc1F. The third-order valence-corrected chi connectivity index (χ3v) is 3.71. The first-order valence-electron chi connectivity index (χ1n) is 5.39. The highest BCUT2D eigenvalue weighted by Crippen LogP contribution is 2.13. The highest BCUT2D eigenvalue weighted by Gasteiger charge is 2.19. The molecule has 4 nitrogen and oxygen atoms in total. The Balaban J connectivity index is 2.73. The van der Waals surface area contributed by atoms with Crippen molar-refractivity contribution in [1.82, 2.24) is 4.72 Å². The number of nitrogens with one attached hydrogen (secondary N) is 1. The van der Waals surface area contributed by atoms with Gasteiger partial charge in [-0.1, -0.05) is 25.5 Å². The smallest absolute Gasteiger partial charge is 0.243 e. The van der Waals surface area contributed by atoms with Crippen molar-refractivity contribution in [2.75, 3.05) is 6.54 Å². The van der Waals surface area contributed by atoms with Crippen LogP contribution in [0.15, 0.2) is 29.2 Å². The van der Waals surface area contributed by atoms with Gasteiger partial charge >= 0.3 is 0 Å². The molecule has 2 N–H and O–H groups in total. The van der Waals surface area contributed by atoms with Crippen LogP contribution >= 0.6 is 0 Å². The van der Waals surface area contributed by atoms with Gasteiger partial charge in [0.25, 0.3) is 0 Å². The molecule has 17 heavy (non-hydrogen) atoms. The lowest BCUT2D eigenvalue weighted by molar-refractivity contribution is 0.167. The zero-order chi connectivity index (χ0) is 12.9. The molecule has 0 spiro atoms. The van der Waals surface area contributed by atoms with Crippen molar-refractivity contribution >= 4 is 10.0 Å². The zero-order valence-electron chi connectivity index (χ0n) is 9.56. The summed E-state index contributed by atoms with van der Waals surface area (Å²) in [7, 11) is -3.89. The summed E-state index contributed by atoms with van der Waals surface area (Å²) in [4.78, 5) is -0.399. The number of hydrogen-bond acceptors (Lipinski definition) is 3. The third kappa shape index (κ3) is 4.07. The fourth-order valence-electron chi connectivity index (χ4n) is 1.38. The third-order valence-electron chi connectivity index (χ3n) is 2.26. The Morgan fingerprint density at radius 2 is 2.06 bits per heavy atom. The minimum Gasteiger partial charge on any atom is -0.392 e. The van der Waals surface area contributed by atoms with E-state index < -0.39 is 26.8 Å². The summed E-state index contributed by atoms with van der Waals surface area (Å²) in [6.45, 7) is 1.78. The summed E-state index contributed by atoms with van der Waals surface area (Å²) >= 11 is 0. The quantitative estimate of drug-likeness (QED) is 0.810. The minimum atomic E-state index is -3.89. The molecule has 0 aliphatic carbocycles. The number of halogens is 1. The van der Waals surface area contributed by atoms with Crippen molar-refractivity contribution in [3.63, 3.8) is 0 Å². The van der Waals surface area contributed by atoms with Crippen LogP contribution < -0.4 is 4.72 Å². The Morgan fingerprint density at radius 3 is 2.65 bits per heavy atom. The van der Waals surface area contributed by atoms with E-state index in [-0.39, 0.29) is 6.54 Å². The highest BCUT2D eigenvalue weighted by atomic mass is 32.2. The molecule has 1 aromatic rings. The van der Waals surface area contributed by atoms with Crippen LogP contribution in [0.3, 0.4) is 0 Å². The number of aliphatic hydroxyl groups excluding tert-OH is 1. The van der Waals surface area contributed by atoms with Crippen LogP contribution in [0.2, 0.25) is 0 Å². The molecule has 0 aliphatic heterocycles. The van der Waals surface area contributed by atoms with Crippen LogP contribution in [0.1, 0.15) is 19.8 Å². The van der Waals surface area contributed by atoms with Gasteiger partial charge in [-0.2, -0.15) is 0 Å². The molecule has 1 unspecified atom stereocenters. The van der Waals surface area contributed by atoms with Crippen molar-refractivity contribution < 1.29 is 17.9 Å². The fourth-order valence-corrected chi connectivity index (χ4v) is 2.53. The van der Waals surface area contributed by atoms with E-state index in [0.717, 1.165) is 12.5 Å². The van der Waals surface area contributed by atoms with Crippen LogP contribution in [0.25, 0.3) is 0 Å². The molecule has 1 rings (SSSR count). The fraction of sp³-hybridized carbons (Fsp3) is 0.455. The van der Waals surface area contributed by atoms with E-state index in [0.29, 0.717) is 6.42 Å². The van der Waals surface area contributed by atoms with E-state index in [1.54, 1.807) is 0 Å². The maximum absolute atomic E-state index is 13.3. The number of hydrogen-bond donors (Lipinski definition) is 2. The van der Waals surface area contributed by atoms with Gasteiger partial charge < -0.3 is 5.11 Å². The average Bonchev–Trinajstić information content (AvgIpc) is 2.27. The van der Waals surface area contributed by atoms with Gasteiger partial charge in [0.2, 0.25) is 10.0 Å². The maximum Gasteiger partial charge on any atom is 0.243 e. The van der Waals surface area contributed by atoms with Crippen molar-refractivity contribution in [2.24, 2.45) is 0 Å². The first kappa shape index (κ1) is 14.1. The van der Waals surface area contributed by atoms with E-state index >= 15 is 0 Å². The van der Waals surface area contributed by atoms with Crippen molar-refractivity contribution in [3.8, 4) is 0 Å². The highest BCUT2D eigenvalue weighted by molar-refractivity contribution is 7.89. The monoisotopic (exact) mass is 261 g/mol. The number of sulfonamides is 1. The molecule has 0 heterocycles. The zero-order valence-corrected chi connectivity index (χ0v) is 10.4. The van der Waals surface area contributed by atoms with E-state index in [4.69, 9.17) is 0 Å². The molecule has 0 saturated carbocycles. The summed E-state index contributed by atoms with van der Waals surface area (Å²) in [6.07, 6.45) is 0.504. The normalized spacial score (nSPS) is 13.6. The summed E-state index contributed by atoms with van der Waals surface area (Å²) in [5.74, 6) is -0.801. The molecular formula is C11H16FNO3S. The molecule has 0 radical (unpaired) electrons. The molecule has 6 heteroatoms. The molecule has 0 fully saturated rings. The van der Waals surface area contributed by atoms with Gasteiger partial charge in [0, 0.05) is 6.54 Å². The minimum absolute atomic E-state index is 0.107. The largest absolute Gasteiger partial charge is 0.392 e. The average molecular weight is 261 g/mol. The van der Waals surface area contributed by atoms with E-state index in [9.17, 15) is 17.9 Å². The molecule has 0 bridgehead atoms. The summed E-state index contributed by atoms with van der Waals surface area (Å²) in [5, 5.41) is 9.41. The molecule has 0 aromatic heterocycles. The second-order valence-electron chi connectivity index (χ2n) is 3.72. The Kier molecular flexibility index (Phi) is 5.04. The van der Waals surface area contributed by atoms with E-state index in [1.165, 1.54) is 18.2 Å². The molecule has 96 valence electrons. The summed E-state index contributed by atoms with van der Waals surface area (Å²) in [6, 6.07) is 5.13. The standard InChI is InChI=1S/C11H16FNO3S/c1-2-5-9(14)8-13-17(15,16)11-7-4-3-6-10(11)12/h3-4,6-7,9,13-14H,2,5,8H2,1H3. The van der Waals surface area contributed by atoms with Gasteiger partial charge in [0.05, 0.1) is 6.10 Å². The van der Waals surface area contributed by atoms with E-state index in [2.05, 4.69) is 4.72 Å². The lowest BCUT2D eigenvalue weighted by atomic mass is 10.2. The van der Waals surface area contributed by atoms with E-state index in [1.807, 2.05) is 6.92 Å². The maximum atomic E-state index is 13.3. The van der Waals surface area contributed by atoms with Crippen molar-refractivity contribution in [3.05, 3.63) is 30.1 Å². The molecule has 1 aromatic carbocycles. The van der Waals surface area contributed by atoms with Gasteiger partial charge in [0.1, 0.15) is 10.7 Å². The number of aliphatic hydroxyl groups is 1. The Hall–Kier alpha value is -0.980. The van der Waals surface area contributed by atoms with Crippen LogP contribution in [0, 0.1) is 5.82 Å². The van der Waals surface area contributed by atoms with Crippen LogP contribution in [-0.4, -0.2) is 26.2 Å². The molecule has 1 atom stereocenters. The van der Waals surface area contributed by atoms with Crippen LogP contribution in [-0.2, 0) is 10.0 Å². The summed E-state index contributed by atoms with van der Waals surface area (Å²) in [5.41, 5.74) is 0. The van der Waals surface area contributed by atoms with Gasteiger partial charge in [-0.05, 0) is 18.6 Å². The molecule has 0 amide bonds. The second-order valence-corrected chi connectivity index (χ2v) is 5.46. The molecule has 0 saturated heterocycles. The van der Waals surface area contributed by atoms with Crippen molar-refractivity contribution in [2.45, 2.75) is 30.8 Å². The Morgan fingerprint density at radius 1 is 1.41 bits per heavy atom. The van der Waals surface area contributed by atoms with Gasteiger partial charge in [-0.15, -0.1) is 0 Å². The number of rotatable bonds is 6. The topological polar surface area (TPSA) is 66.4 Å². The number of benzene rings is 1. The van der Waals surface area contributed by atoms with Crippen LogP contribution in [0.4, 0.5) is 4.39 Å². The lowest BCUT2D eigenvalue weighted by Gasteiger charge is -2.11. The van der Waals surface area contributed by atoms with Gasteiger partial charge in [0.15, 0.2) is 0 Å². The molecular weight excluding hydrogens is 245 g/mol. The second kappa shape index (κ2) is 6.09. The van der Waals surface area contributed by atoms with Crippen molar-refractivity contribution in [1.29, 1.82) is 0 Å².